The first-order chi connectivity index (χ1) is 12.9. The second-order valence-corrected chi connectivity index (χ2v) is 8.43. The van der Waals surface area contributed by atoms with Crippen molar-refractivity contribution in [3.8, 4) is 0 Å². The van der Waals surface area contributed by atoms with E-state index in [-0.39, 0.29) is 23.5 Å². The van der Waals surface area contributed by atoms with Gasteiger partial charge < -0.3 is 15.4 Å². The molecule has 0 aliphatic carbocycles. The zero-order valence-corrected chi connectivity index (χ0v) is 15.5. The summed E-state index contributed by atoms with van der Waals surface area (Å²) in [5.74, 6) is 0.00733. The number of aromatic nitrogens is 1. The van der Waals surface area contributed by atoms with Crippen molar-refractivity contribution in [3.05, 3.63) is 53.7 Å². The number of hydrogen-bond donors (Lipinski definition) is 2. The fourth-order valence-corrected chi connectivity index (χ4v) is 4.42. The minimum absolute atomic E-state index is 0.0957. The number of anilines is 2. The van der Waals surface area contributed by atoms with Gasteiger partial charge in [-0.05, 0) is 42.8 Å². The second kappa shape index (κ2) is 7.75. The lowest BCUT2D eigenvalue weighted by molar-refractivity contribution is 0.0600. The Morgan fingerprint density at radius 1 is 1.11 bits per heavy atom. The number of benzene rings is 1. The number of nitrogens with one attached hydrogen (secondary N) is 2. The standard InChI is InChI=1S/C18H19N3O5S/c1-26-18(23)12-2-5-14(6-3-12)21-17(22)13-4-7-16(19-10-13)20-15-8-9-27(24,25)11-15/h2-7,10,15H,8-9,11H2,1H3,(H,19,20)(H,21,22). The molecule has 1 unspecified atom stereocenters. The molecular formula is C18H19N3O5S. The van der Waals surface area contributed by atoms with Gasteiger partial charge in [0.15, 0.2) is 9.84 Å². The number of methoxy groups -OCH3 is 1. The molecule has 2 N–H and O–H groups in total. The molecule has 0 spiro atoms. The van der Waals surface area contributed by atoms with Crippen molar-refractivity contribution in [2.24, 2.45) is 0 Å². The average molecular weight is 389 g/mol. The average Bonchev–Trinajstić information content (AvgIpc) is 3.00. The highest BCUT2D eigenvalue weighted by atomic mass is 32.2. The summed E-state index contributed by atoms with van der Waals surface area (Å²) < 4.78 is 27.6. The normalized spacial score (nSPS) is 17.9. The third kappa shape index (κ3) is 4.82. The van der Waals surface area contributed by atoms with Gasteiger partial charge in [-0.2, -0.15) is 0 Å². The van der Waals surface area contributed by atoms with Crippen molar-refractivity contribution in [2.45, 2.75) is 12.5 Å². The van der Waals surface area contributed by atoms with Crippen LogP contribution >= 0.6 is 0 Å². The molecular weight excluding hydrogens is 370 g/mol. The largest absolute Gasteiger partial charge is 0.465 e. The van der Waals surface area contributed by atoms with Gasteiger partial charge in [0.25, 0.3) is 5.91 Å². The van der Waals surface area contributed by atoms with Crippen molar-refractivity contribution in [1.29, 1.82) is 0 Å². The van der Waals surface area contributed by atoms with Crippen LogP contribution < -0.4 is 10.6 Å². The van der Waals surface area contributed by atoms with Crippen LogP contribution in [-0.4, -0.2) is 49.9 Å². The van der Waals surface area contributed by atoms with Crippen LogP contribution in [0.1, 0.15) is 27.1 Å². The molecule has 9 heteroatoms. The van der Waals surface area contributed by atoms with Gasteiger partial charge in [-0.15, -0.1) is 0 Å². The number of hydrogen-bond acceptors (Lipinski definition) is 7. The monoisotopic (exact) mass is 389 g/mol. The van der Waals surface area contributed by atoms with Crippen molar-refractivity contribution >= 4 is 33.2 Å². The number of carbonyl (C=O) groups excluding carboxylic acids is 2. The Hall–Kier alpha value is -2.94. The van der Waals surface area contributed by atoms with Crippen molar-refractivity contribution in [3.63, 3.8) is 0 Å². The number of rotatable bonds is 5. The highest BCUT2D eigenvalue weighted by Gasteiger charge is 2.27. The molecule has 1 aliphatic heterocycles. The number of sulfone groups is 1. The fraction of sp³-hybridized carbons (Fsp3) is 0.278. The Labute approximate surface area is 156 Å². The summed E-state index contributed by atoms with van der Waals surface area (Å²) in [6.45, 7) is 0. The van der Waals surface area contributed by atoms with E-state index in [1.54, 1.807) is 36.4 Å². The summed E-state index contributed by atoms with van der Waals surface area (Å²) in [7, 11) is -1.66. The Bertz CT molecular complexity index is 940. The summed E-state index contributed by atoms with van der Waals surface area (Å²) in [5, 5.41) is 5.78. The van der Waals surface area contributed by atoms with Crippen LogP contribution in [0.2, 0.25) is 0 Å². The number of esters is 1. The molecule has 1 amide bonds. The Morgan fingerprint density at radius 3 is 2.37 bits per heavy atom. The van der Waals surface area contributed by atoms with E-state index in [1.807, 2.05) is 0 Å². The molecule has 142 valence electrons. The van der Waals surface area contributed by atoms with Crippen molar-refractivity contribution < 1.29 is 22.7 Å². The first-order valence-electron chi connectivity index (χ1n) is 8.29. The van der Waals surface area contributed by atoms with Crippen molar-refractivity contribution in [2.75, 3.05) is 29.2 Å². The molecule has 1 aromatic heterocycles. The molecule has 1 saturated heterocycles. The molecule has 0 radical (unpaired) electrons. The molecule has 2 aromatic rings. The van der Waals surface area contributed by atoms with Gasteiger partial charge in [0.05, 0.1) is 29.7 Å². The smallest absolute Gasteiger partial charge is 0.337 e. The molecule has 0 saturated carbocycles. The number of amides is 1. The predicted octanol–water partition coefficient (Wildman–Crippen LogP) is 1.72. The van der Waals surface area contributed by atoms with Crippen molar-refractivity contribution in [1.82, 2.24) is 4.98 Å². The van der Waals surface area contributed by atoms with Crippen LogP contribution in [0.5, 0.6) is 0 Å². The van der Waals surface area contributed by atoms with Crippen LogP contribution in [0.3, 0.4) is 0 Å². The van der Waals surface area contributed by atoms with E-state index in [0.717, 1.165) is 0 Å². The molecule has 0 bridgehead atoms. The Balaban J connectivity index is 1.59. The minimum atomic E-state index is -2.97. The van der Waals surface area contributed by atoms with Gasteiger partial charge in [-0.1, -0.05) is 0 Å². The highest BCUT2D eigenvalue weighted by molar-refractivity contribution is 7.91. The molecule has 8 nitrogen and oxygen atoms in total. The topological polar surface area (TPSA) is 114 Å². The van der Waals surface area contributed by atoms with E-state index in [1.165, 1.54) is 13.3 Å². The maximum Gasteiger partial charge on any atom is 0.337 e. The molecule has 3 rings (SSSR count). The summed E-state index contributed by atoms with van der Waals surface area (Å²) in [6, 6.07) is 9.42. The molecule has 2 heterocycles. The first kappa shape index (κ1) is 18.8. The lowest BCUT2D eigenvalue weighted by Gasteiger charge is -2.12. The second-order valence-electron chi connectivity index (χ2n) is 6.20. The zero-order valence-electron chi connectivity index (χ0n) is 14.6. The van der Waals surface area contributed by atoms with Crippen LogP contribution in [0.4, 0.5) is 11.5 Å². The van der Waals surface area contributed by atoms with Gasteiger partial charge in [-0.25, -0.2) is 18.2 Å². The molecule has 27 heavy (non-hydrogen) atoms. The van der Waals surface area contributed by atoms with Crippen LogP contribution in [-0.2, 0) is 14.6 Å². The maximum absolute atomic E-state index is 12.3. The summed E-state index contributed by atoms with van der Waals surface area (Å²) in [4.78, 5) is 27.9. The van der Waals surface area contributed by atoms with E-state index in [0.29, 0.717) is 29.1 Å². The van der Waals surface area contributed by atoms with E-state index < -0.39 is 15.8 Å². The van der Waals surface area contributed by atoms with Gasteiger partial charge >= 0.3 is 5.97 Å². The third-order valence-corrected chi connectivity index (χ3v) is 5.94. The molecule has 1 fully saturated rings. The molecule has 1 aromatic carbocycles. The zero-order chi connectivity index (χ0) is 19.4. The third-order valence-electron chi connectivity index (χ3n) is 4.17. The number of carbonyl (C=O) groups is 2. The minimum Gasteiger partial charge on any atom is -0.465 e. The lowest BCUT2D eigenvalue weighted by Crippen LogP contribution is -2.21. The lowest BCUT2D eigenvalue weighted by atomic mass is 10.2. The quantitative estimate of drug-likeness (QED) is 0.748. The number of nitrogens with zero attached hydrogens (tertiary/aromatic N) is 1. The summed E-state index contributed by atoms with van der Waals surface area (Å²) in [5.41, 5.74) is 1.28. The van der Waals surface area contributed by atoms with E-state index in [9.17, 15) is 18.0 Å². The van der Waals surface area contributed by atoms with Crippen LogP contribution in [0.15, 0.2) is 42.6 Å². The summed E-state index contributed by atoms with van der Waals surface area (Å²) in [6.07, 6.45) is 1.97. The van der Waals surface area contributed by atoms with Gasteiger partial charge in [0, 0.05) is 17.9 Å². The fourth-order valence-electron chi connectivity index (χ4n) is 2.74. The van der Waals surface area contributed by atoms with Gasteiger partial charge in [-0.3, -0.25) is 4.79 Å². The van der Waals surface area contributed by atoms with E-state index >= 15 is 0 Å². The molecule has 1 aliphatic rings. The Kier molecular flexibility index (Phi) is 5.41. The van der Waals surface area contributed by atoms with E-state index in [4.69, 9.17) is 0 Å². The highest BCUT2D eigenvalue weighted by Crippen LogP contribution is 2.17. The van der Waals surface area contributed by atoms with Crippen LogP contribution in [0.25, 0.3) is 0 Å². The Morgan fingerprint density at radius 2 is 1.81 bits per heavy atom. The molecule has 1 atom stereocenters. The SMILES string of the molecule is COC(=O)c1ccc(NC(=O)c2ccc(NC3CCS(=O)(=O)C3)nc2)cc1. The number of pyridine rings is 1. The van der Waals surface area contributed by atoms with Gasteiger partial charge in [0.2, 0.25) is 0 Å². The number of ether oxygens (including phenoxy) is 1. The predicted molar refractivity (Wildman–Crippen MR) is 101 cm³/mol. The summed E-state index contributed by atoms with van der Waals surface area (Å²) >= 11 is 0. The van der Waals surface area contributed by atoms with Gasteiger partial charge in [0.1, 0.15) is 5.82 Å². The first-order valence-corrected chi connectivity index (χ1v) is 10.1. The maximum atomic E-state index is 12.3. The van der Waals surface area contributed by atoms with Crippen LogP contribution in [0, 0.1) is 0 Å². The van der Waals surface area contributed by atoms with E-state index in [2.05, 4.69) is 20.4 Å².